The van der Waals surface area contributed by atoms with Crippen LogP contribution in [0, 0.1) is 0 Å². The Hall–Kier alpha value is -0.820. The van der Waals surface area contributed by atoms with Crippen LogP contribution in [0.5, 0.6) is 0 Å². The van der Waals surface area contributed by atoms with Crippen molar-refractivity contribution in [3.8, 4) is 0 Å². The molecule has 0 spiro atoms. The van der Waals surface area contributed by atoms with Gasteiger partial charge in [-0.3, -0.25) is 0 Å². The van der Waals surface area contributed by atoms with Crippen LogP contribution in [0.25, 0.3) is 0 Å². The first kappa shape index (κ1) is 5.93. The third-order valence-electron chi connectivity index (χ3n) is 1.99. The largest absolute Gasteiger partial charge is 0.304 e. The number of rotatable bonds is 1. The van der Waals surface area contributed by atoms with Gasteiger partial charge in [0, 0.05) is 12.1 Å². The van der Waals surface area contributed by atoms with Gasteiger partial charge >= 0.3 is 0 Å². The van der Waals surface area contributed by atoms with Crippen molar-refractivity contribution >= 4 is 0 Å². The molecule has 2 rings (SSSR count). The summed E-state index contributed by atoms with van der Waals surface area (Å²) in [5.41, 5.74) is 1.41. The van der Waals surface area contributed by atoms with Crippen LogP contribution in [0.2, 0.25) is 0 Å². The van der Waals surface area contributed by atoms with Gasteiger partial charge in [-0.15, -0.1) is 0 Å². The summed E-state index contributed by atoms with van der Waals surface area (Å²) in [6.07, 6.45) is 0. The minimum atomic E-state index is 0.626. The normalized spacial score (nSPS) is 30.1. The van der Waals surface area contributed by atoms with Crippen molar-refractivity contribution in [2.45, 2.75) is 19.0 Å². The molecule has 1 saturated heterocycles. The Bertz CT molecular complexity index is 217. The summed E-state index contributed by atoms with van der Waals surface area (Å²) >= 11 is 0. The molecule has 1 heterocycles. The smallest absolute Gasteiger partial charge is 0.0476 e. The number of hydrogen-bond acceptors (Lipinski definition) is 1. The molecule has 1 aliphatic heterocycles. The van der Waals surface area contributed by atoms with E-state index in [1.807, 2.05) is 0 Å². The van der Waals surface area contributed by atoms with E-state index in [9.17, 15) is 0 Å². The lowest BCUT2D eigenvalue weighted by Gasteiger charge is -1.92. The molecule has 0 aromatic heterocycles. The van der Waals surface area contributed by atoms with Gasteiger partial charge in [-0.1, -0.05) is 30.3 Å². The van der Waals surface area contributed by atoms with E-state index in [0.29, 0.717) is 12.1 Å². The average molecular weight is 133 g/mol. The van der Waals surface area contributed by atoms with E-state index in [1.54, 1.807) is 0 Å². The second kappa shape index (κ2) is 2.10. The Kier molecular flexibility index (Phi) is 1.24. The molecule has 0 bridgehead atoms. The predicted octanol–water partition coefficient (Wildman–Crippen LogP) is 1.72. The Morgan fingerprint density at radius 1 is 1.20 bits per heavy atom. The molecule has 10 heavy (non-hydrogen) atoms. The van der Waals surface area contributed by atoms with Crippen molar-refractivity contribution in [2.75, 3.05) is 0 Å². The molecule has 0 amide bonds. The molecule has 1 aliphatic rings. The summed E-state index contributed by atoms with van der Waals surface area (Å²) in [6.45, 7) is 2.21. The van der Waals surface area contributed by atoms with E-state index in [4.69, 9.17) is 0 Å². The van der Waals surface area contributed by atoms with Crippen LogP contribution >= 0.6 is 0 Å². The molecule has 52 valence electrons. The van der Waals surface area contributed by atoms with Crippen molar-refractivity contribution in [1.29, 1.82) is 0 Å². The van der Waals surface area contributed by atoms with E-state index in [2.05, 4.69) is 42.6 Å². The second-order valence-electron chi connectivity index (χ2n) is 2.84. The molecule has 1 heteroatoms. The van der Waals surface area contributed by atoms with E-state index < -0.39 is 0 Å². The molecule has 0 radical (unpaired) electrons. The zero-order valence-corrected chi connectivity index (χ0v) is 6.04. The summed E-state index contributed by atoms with van der Waals surface area (Å²) in [4.78, 5) is 0. The van der Waals surface area contributed by atoms with Crippen LogP contribution in [0.3, 0.4) is 0 Å². The van der Waals surface area contributed by atoms with Crippen LogP contribution in [0.4, 0.5) is 0 Å². The van der Waals surface area contributed by atoms with Gasteiger partial charge in [0.2, 0.25) is 0 Å². The van der Waals surface area contributed by atoms with E-state index >= 15 is 0 Å². The van der Waals surface area contributed by atoms with Crippen molar-refractivity contribution in [2.24, 2.45) is 0 Å². The predicted molar refractivity (Wildman–Crippen MR) is 41.8 cm³/mol. The molecule has 1 nitrogen and oxygen atoms in total. The zero-order chi connectivity index (χ0) is 6.97. The fourth-order valence-corrected chi connectivity index (χ4v) is 1.27. The topological polar surface area (TPSA) is 21.9 Å². The van der Waals surface area contributed by atoms with Crippen LogP contribution in [0.15, 0.2) is 30.3 Å². The molecule has 0 saturated carbocycles. The van der Waals surface area contributed by atoms with E-state index in [1.165, 1.54) is 5.56 Å². The number of benzene rings is 1. The highest BCUT2D eigenvalue weighted by atomic mass is 15.1. The fourth-order valence-electron chi connectivity index (χ4n) is 1.27. The molecule has 1 aromatic rings. The van der Waals surface area contributed by atoms with Gasteiger partial charge < -0.3 is 5.32 Å². The highest BCUT2D eigenvalue weighted by molar-refractivity contribution is 5.25. The third-order valence-corrected chi connectivity index (χ3v) is 1.99. The third kappa shape index (κ3) is 0.929. The van der Waals surface area contributed by atoms with Gasteiger partial charge in [-0.05, 0) is 12.5 Å². The maximum Gasteiger partial charge on any atom is 0.0476 e. The molecule has 1 N–H and O–H groups in total. The number of hydrogen-bond donors (Lipinski definition) is 1. The van der Waals surface area contributed by atoms with Crippen LogP contribution in [0.1, 0.15) is 18.5 Å². The van der Waals surface area contributed by atoms with Crippen LogP contribution in [-0.4, -0.2) is 6.04 Å². The molecule has 2 atom stereocenters. The first-order valence-corrected chi connectivity index (χ1v) is 3.69. The average Bonchev–Trinajstić information content (AvgIpc) is 2.69. The molecular weight excluding hydrogens is 122 g/mol. The first-order chi connectivity index (χ1) is 4.88. The van der Waals surface area contributed by atoms with Gasteiger partial charge in [-0.25, -0.2) is 0 Å². The van der Waals surface area contributed by atoms with E-state index in [0.717, 1.165) is 0 Å². The summed E-state index contributed by atoms with van der Waals surface area (Å²) in [5, 5.41) is 3.35. The highest BCUT2D eigenvalue weighted by Crippen LogP contribution is 2.28. The second-order valence-corrected chi connectivity index (χ2v) is 2.84. The van der Waals surface area contributed by atoms with Gasteiger partial charge in [0.1, 0.15) is 0 Å². The highest BCUT2D eigenvalue weighted by Gasteiger charge is 2.32. The van der Waals surface area contributed by atoms with Crippen LogP contribution in [-0.2, 0) is 0 Å². The van der Waals surface area contributed by atoms with Crippen molar-refractivity contribution in [3.63, 3.8) is 0 Å². The molecular formula is C9H11N. The standard InChI is InChI=1S/C9H11N/c1-7-9(10-7)8-5-3-2-4-6-8/h2-7,9-10H,1H3/t7-,9-/m1/s1. The van der Waals surface area contributed by atoms with Gasteiger partial charge in [0.25, 0.3) is 0 Å². The molecule has 1 fully saturated rings. The first-order valence-electron chi connectivity index (χ1n) is 3.69. The lowest BCUT2D eigenvalue weighted by molar-refractivity contribution is 1.04. The van der Waals surface area contributed by atoms with Gasteiger partial charge in [0.15, 0.2) is 0 Å². The maximum absolute atomic E-state index is 3.35. The SMILES string of the molecule is C[C@H]1N[C@H]1c1ccccc1. The Labute approximate surface area is 61.1 Å². The lowest BCUT2D eigenvalue weighted by Crippen LogP contribution is -1.81. The number of nitrogens with one attached hydrogen (secondary N) is 1. The Morgan fingerprint density at radius 2 is 1.80 bits per heavy atom. The zero-order valence-electron chi connectivity index (χ0n) is 6.04. The molecule has 0 aliphatic carbocycles. The van der Waals surface area contributed by atoms with Crippen LogP contribution < -0.4 is 5.32 Å². The van der Waals surface area contributed by atoms with Crippen molar-refractivity contribution in [3.05, 3.63) is 35.9 Å². The van der Waals surface area contributed by atoms with E-state index in [-0.39, 0.29) is 0 Å². The Balaban J connectivity index is 2.20. The maximum atomic E-state index is 3.35. The summed E-state index contributed by atoms with van der Waals surface area (Å²) in [5.74, 6) is 0. The lowest BCUT2D eigenvalue weighted by atomic mass is 10.1. The Morgan fingerprint density at radius 3 is 2.30 bits per heavy atom. The quantitative estimate of drug-likeness (QED) is 0.579. The molecule has 1 aromatic carbocycles. The summed E-state index contributed by atoms with van der Waals surface area (Å²) in [7, 11) is 0. The van der Waals surface area contributed by atoms with Crippen molar-refractivity contribution < 1.29 is 0 Å². The minimum absolute atomic E-state index is 0.626. The minimum Gasteiger partial charge on any atom is -0.304 e. The summed E-state index contributed by atoms with van der Waals surface area (Å²) < 4.78 is 0. The van der Waals surface area contributed by atoms with Crippen molar-refractivity contribution in [1.82, 2.24) is 5.32 Å². The van der Waals surface area contributed by atoms with Gasteiger partial charge in [0.05, 0.1) is 0 Å². The molecule has 0 unspecified atom stereocenters. The monoisotopic (exact) mass is 133 g/mol. The fraction of sp³-hybridized carbons (Fsp3) is 0.333. The van der Waals surface area contributed by atoms with Gasteiger partial charge in [-0.2, -0.15) is 0 Å². The summed E-state index contributed by atoms with van der Waals surface area (Å²) in [6, 6.07) is 11.9.